The summed E-state index contributed by atoms with van der Waals surface area (Å²) in [6.45, 7) is 1.96. The summed E-state index contributed by atoms with van der Waals surface area (Å²) < 4.78 is 28.6. The molecular formula is C14H13F2N. The summed E-state index contributed by atoms with van der Waals surface area (Å²) in [4.78, 5) is 0. The van der Waals surface area contributed by atoms with Crippen molar-refractivity contribution in [2.24, 2.45) is 0 Å². The lowest BCUT2D eigenvalue weighted by molar-refractivity contribution is 0.576. The van der Waals surface area contributed by atoms with Crippen molar-refractivity contribution in [1.82, 2.24) is 4.57 Å². The van der Waals surface area contributed by atoms with Crippen LogP contribution in [0.3, 0.4) is 0 Å². The molecule has 3 rings (SSSR count). The second-order valence-corrected chi connectivity index (χ2v) is 4.54. The topological polar surface area (TPSA) is 4.93 Å². The van der Waals surface area contributed by atoms with Gasteiger partial charge in [0.1, 0.15) is 11.6 Å². The Labute approximate surface area is 98.7 Å². The number of halogens is 2. The number of fused-ring (bicyclic) bond motifs is 1. The highest BCUT2D eigenvalue weighted by Gasteiger charge is 2.20. The van der Waals surface area contributed by atoms with E-state index in [1.165, 1.54) is 23.4 Å². The average Bonchev–Trinajstić information content (AvgIpc) is 2.79. The summed E-state index contributed by atoms with van der Waals surface area (Å²) in [5.41, 5.74) is 3.94. The largest absolute Gasteiger partial charge is 0.315 e. The molecule has 0 fully saturated rings. The van der Waals surface area contributed by atoms with Gasteiger partial charge in [0.05, 0.1) is 5.69 Å². The maximum Gasteiger partial charge on any atom is 0.150 e. The Kier molecular flexibility index (Phi) is 2.28. The highest BCUT2D eigenvalue weighted by atomic mass is 19.1. The maximum absolute atomic E-state index is 13.8. The van der Waals surface area contributed by atoms with Gasteiger partial charge in [-0.15, -0.1) is 0 Å². The van der Waals surface area contributed by atoms with Crippen LogP contribution in [0.25, 0.3) is 5.69 Å². The lowest BCUT2D eigenvalue weighted by Crippen LogP contribution is -2.04. The second kappa shape index (κ2) is 3.69. The molecule has 3 heteroatoms. The molecular weight excluding hydrogens is 220 g/mol. The van der Waals surface area contributed by atoms with E-state index in [9.17, 15) is 8.78 Å². The van der Waals surface area contributed by atoms with Crippen molar-refractivity contribution in [1.29, 1.82) is 0 Å². The maximum atomic E-state index is 13.8. The summed E-state index contributed by atoms with van der Waals surface area (Å²) in [5, 5.41) is 0. The third kappa shape index (κ3) is 1.57. The SMILES string of the molecule is Cc1cc2c(n1-c1ccc(F)cc1F)CCC2. The van der Waals surface area contributed by atoms with Crippen molar-refractivity contribution >= 4 is 0 Å². The van der Waals surface area contributed by atoms with Crippen molar-refractivity contribution in [2.75, 3.05) is 0 Å². The summed E-state index contributed by atoms with van der Waals surface area (Å²) in [5.74, 6) is -1.04. The lowest BCUT2D eigenvalue weighted by atomic mass is 10.2. The van der Waals surface area contributed by atoms with Gasteiger partial charge in [-0.2, -0.15) is 0 Å². The van der Waals surface area contributed by atoms with Crippen molar-refractivity contribution in [3.05, 3.63) is 52.9 Å². The molecule has 1 aromatic carbocycles. The van der Waals surface area contributed by atoms with Crippen LogP contribution < -0.4 is 0 Å². The first-order valence-electron chi connectivity index (χ1n) is 5.82. The molecule has 1 nitrogen and oxygen atoms in total. The highest BCUT2D eigenvalue weighted by molar-refractivity contribution is 5.44. The molecule has 0 atom stereocenters. The van der Waals surface area contributed by atoms with Crippen molar-refractivity contribution in [3.63, 3.8) is 0 Å². The number of hydrogen-bond acceptors (Lipinski definition) is 0. The normalized spacial score (nSPS) is 14.1. The van der Waals surface area contributed by atoms with Crippen molar-refractivity contribution in [2.45, 2.75) is 26.2 Å². The van der Waals surface area contributed by atoms with Crippen LogP contribution in [0.15, 0.2) is 24.3 Å². The zero-order valence-corrected chi connectivity index (χ0v) is 9.63. The van der Waals surface area contributed by atoms with Crippen LogP contribution in [0.5, 0.6) is 0 Å². The van der Waals surface area contributed by atoms with E-state index < -0.39 is 11.6 Å². The first kappa shape index (κ1) is 10.5. The minimum atomic E-state index is -0.535. The van der Waals surface area contributed by atoms with Gasteiger partial charge in [-0.3, -0.25) is 0 Å². The van der Waals surface area contributed by atoms with Gasteiger partial charge in [-0.05, 0) is 49.9 Å². The molecule has 0 N–H and O–H groups in total. The van der Waals surface area contributed by atoms with Crippen LogP contribution >= 0.6 is 0 Å². The van der Waals surface area contributed by atoms with Crippen molar-refractivity contribution < 1.29 is 8.78 Å². The standard InChI is InChI=1S/C14H13F2N/c1-9-7-10-3-2-4-13(10)17(9)14-6-5-11(15)8-12(14)16/h5-8H,2-4H2,1H3. The average molecular weight is 233 g/mol. The van der Waals surface area contributed by atoms with Gasteiger partial charge in [-0.1, -0.05) is 0 Å². The summed E-state index contributed by atoms with van der Waals surface area (Å²) >= 11 is 0. The molecule has 1 heterocycles. The first-order chi connectivity index (χ1) is 8.16. The molecule has 0 radical (unpaired) electrons. The highest BCUT2D eigenvalue weighted by Crippen LogP contribution is 2.29. The molecule has 17 heavy (non-hydrogen) atoms. The summed E-state index contributed by atoms with van der Waals surface area (Å²) in [6, 6.07) is 5.86. The van der Waals surface area contributed by atoms with Crippen LogP contribution in [0.1, 0.15) is 23.4 Å². The van der Waals surface area contributed by atoms with Gasteiger partial charge >= 0.3 is 0 Å². The van der Waals surface area contributed by atoms with E-state index >= 15 is 0 Å². The Bertz CT molecular complexity index is 584. The molecule has 88 valence electrons. The minimum absolute atomic E-state index is 0.451. The number of hydrogen-bond donors (Lipinski definition) is 0. The molecule has 0 saturated heterocycles. The third-order valence-corrected chi connectivity index (χ3v) is 3.39. The molecule has 0 unspecified atom stereocenters. The van der Waals surface area contributed by atoms with E-state index in [-0.39, 0.29) is 0 Å². The van der Waals surface area contributed by atoms with Gasteiger partial charge in [-0.25, -0.2) is 8.78 Å². The lowest BCUT2D eigenvalue weighted by Gasteiger charge is -2.11. The Morgan fingerprint density at radius 2 is 1.94 bits per heavy atom. The summed E-state index contributed by atoms with van der Waals surface area (Å²) in [7, 11) is 0. The fraction of sp³-hybridized carbons (Fsp3) is 0.286. The third-order valence-electron chi connectivity index (χ3n) is 3.39. The van der Waals surface area contributed by atoms with Gasteiger partial charge in [0.2, 0.25) is 0 Å². The molecule has 0 bridgehead atoms. The number of rotatable bonds is 1. The summed E-state index contributed by atoms with van der Waals surface area (Å²) in [6.07, 6.45) is 3.15. The van der Waals surface area contributed by atoms with E-state index in [1.54, 1.807) is 0 Å². The Hall–Kier alpha value is -1.64. The second-order valence-electron chi connectivity index (χ2n) is 4.54. The van der Waals surface area contributed by atoms with E-state index in [0.717, 1.165) is 31.0 Å². The number of benzene rings is 1. The van der Waals surface area contributed by atoms with Gasteiger partial charge in [0, 0.05) is 17.5 Å². The van der Waals surface area contributed by atoms with Crippen LogP contribution in [0.4, 0.5) is 8.78 Å². The van der Waals surface area contributed by atoms with E-state index in [2.05, 4.69) is 6.07 Å². The van der Waals surface area contributed by atoms with Crippen LogP contribution in [-0.2, 0) is 12.8 Å². The zero-order valence-electron chi connectivity index (χ0n) is 9.63. The molecule has 1 aliphatic rings. The Morgan fingerprint density at radius 1 is 1.12 bits per heavy atom. The van der Waals surface area contributed by atoms with Crippen molar-refractivity contribution in [3.8, 4) is 5.69 Å². The van der Waals surface area contributed by atoms with E-state index in [0.29, 0.717) is 5.69 Å². The van der Waals surface area contributed by atoms with Crippen LogP contribution in [-0.4, -0.2) is 4.57 Å². The smallest absolute Gasteiger partial charge is 0.150 e. The quantitative estimate of drug-likeness (QED) is 0.709. The van der Waals surface area contributed by atoms with Gasteiger partial charge in [0.25, 0.3) is 0 Å². The molecule has 0 aliphatic heterocycles. The predicted molar refractivity (Wildman–Crippen MR) is 62.4 cm³/mol. The van der Waals surface area contributed by atoms with E-state index in [4.69, 9.17) is 0 Å². The monoisotopic (exact) mass is 233 g/mol. The Morgan fingerprint density at radius 3 is 2.71 bits per heavy atom. The molecule has 0 spiro atoms. The number of aromatic nitrogens is 1. The number of aryl methyl sites for hydroxylation is 2. The molecule has 1 aromatic heterocycles. The predicted octanol–water partition coefficient (Wildman–Crippen LogP) is 3.55. The van der Waals surface area contributed by atoms with Gasteiger partial charge < -0.3 is 4.57 Å². The fourth-order valence-electron chi connectivity index (χ4n) is 2.69. The zero-order chi connectivity index (χ0) is 12.0. The molecule has 2 aromatic rings. The number of nitrogens with zero attached hydrogens (tertiary/aromatic N) is 1. The van der Waals surface area contributed by atoms with Crippen LogP contribution in [0, 0.1) is 18.6 Å². The Balaban J connectivity index is 2.21. The van der Waals surface area contributed by atoms with Gasteiger partial charge in [0.15, 0.2) is 0 Å². The molecule has 1 aliphatic carbocycles. The molecule has 0 saturated carbocycles. The minimum Gasteiger partial charge on any atom is -0.315 e. The molecule has 0 amide bonds. The fourth-order valence-corrected chi connectivity index (χ4v) is 2.69. The van der Waals surface area contributed by atoms with E-state index in [1.807, 2.05) is 11.5 Å². The first-order valence-corrected chi connectivity index (χ1v) is 5.82. The van der Waals surface area contributed by atoms with Crippen LogP contribution in [0.2, 0.25) is 0 Å².